The van der Waals surface area contributed by atoms with Gasteiger partial charge in [-0.1, -0.05) is 18.1 Å². The first kappa shape index (κ1) is 14.6. The van der Waals surface area contributed by atoms with Crippen LogP contribution >= 0.6 is 11.8 Å². The lowest BCUT2D eigenvalue weighted by Crippen LogP contribution is -2.28. The molecule has 1 N–H and O–H groups in total. The summed E-state index contributed by atoms with van der Waals surface area (Å²) >= 11 is 0.662. The number of nitro benzene ring substituents is 1. The monoisotopic (exact) mass is 304 g/mol. The molecule has 0 saturated carbocycles. The van der Waals surface area contributed by atoms with Gasteiger partial charge in [0.15, 0.2) is 0 Å². The second kappa shape index (κ2) is 5.68. The van der Waals surface area contributed by atoms with Crippen molar-refractivity contribution in [3.63, 3.8) is 0 Å². The highest BCUT2D eigenvalue weighted by atomic mass is 32.2. The predicted molar refractivity (Wildman–Crippen MR) is 76.3 cm³/mol. The molecule has 2 amide bonds. The van der Waals surface area contributed by atoms with E-state index >= 15 is 0 Å². The molecule has 1 heterocycles. The molecule has 106 valence electrons. The number of hydrogen-bond donors (Lipinski definition) is 1. The minimum absolute atomic E-state index is 0.0473. The number of amides is 2. The Kier molecular flexibility index (Phi) is 3.95. The standard InChI is InChI=1S/C13H8N2O5S/c1-2-6-14-12(17)10(21-13(14)18)7-8-4-3-5-9(11(8)16)15(19)20/h1,3-5,7,16H,6H2/b10-7+. The number of phenols is 1. The number of nitro groups is 1. The highest BCUT2D eigenvalue weighted by Crippen LogP contribution is 2.36. The fraction of sp³-hybridized carbons (Fsp3) is 0.0769. The number of terminal acetylenes is 1. The molecule has 0 bridgehead atoms. The lowest BCUT2D eigenvalue weighted by molar-refractivity contribution is -0.385. The van der Waals surface area contributed by atoms with Crippen LogP contribution in [0.1, 0.15) is 5.56 Å². The molecule has 1 aromatic rings. The Bertz CT molecular complexity index is 720. The lowest BCUT2D eigenvalue weighted by atomic mass is 10.1. The van der Waals surface area contributed by atoms with Crippen LogP contribution in [0, 0.1) is 22.5 Å². The number of benzene rings is 1. The van der Waals surface area contributed by atoms with Gasteiger partial charge >= 0.3 is 5.69 Å². The van der Waals surface area contributed by atoms with Crippen molar-refractivity contribution in [2.24, 2.45) is 0 Å². The second-order valence-electron chi connectivity index (χ2n) is 3.94. The molecule has 8 heteroatoms. The van der Waals surface area contributed by atoms with E-state index in [1.165, 1.54) is 18.2 Å². The number of para-hydroxylation sites is 1. The van der Waals surface area contributed by atoms with Gasteiger partial charge < -0.3 is 5.11 Å². The quantitative estimate of drug-likeness (QED) is 0.396. The smallest absolute Gasteiger partial charge is 0.311 e. The number of imide groups is 1. The van der Waals surface area contributed by atoms with E-state index in [9.17, 15) is 24.8 Å². The fourth-order valence-electron chi connectivity index (χ4n) is 1.68. The van der Waals surface area contributed by atoms with Gasteiger partial charge in [-0.05, 0) is 17.8 Å². The summed E-state index contributed by atoms with van der Waals surface area (Å²) in [5.74, 6) is 1.04. The number of phenolic OH excluding ortho intramolecular Hbond substituents is 1. The van der Waals surface area contributed by atoms with Crippen molar-refractivity contribution in [3.8, 4) is 18.1 Å². The summed E-state index contributed by atoms with van der Waals surface area (Å²) < 4.78 is 0. The van der Waals surface area contributed by atoms with Gasteiger partial charge in [0.1, 0.15) is 0 Å². The molecular weight excluding hydrogens is 296 g/mol. The molecule has 1 fully saturated rings. The van der Waals surface area contributed by atoms with E-state index < -0.39 is 27.5 Å². The van der Waals surface area contributed by atoms with Gasteiger partial charge in [-0.2, -0.15) is 0 Å². The first-order valence-electron chi connectivity index (χ1n) is 5.61. The number of aromatic hydroxyl groups is 1. The van der Waals surface area contributed by atoms with Crippen LogP contribution in [0.15, 0.2) is 23.1 Å². The zero-order chi connectivity index (χ0) is 15.6. The van der Waals surface area contributed by atoms with Gasteiger partial charge in [0, 0.05) is 11.6 Å². The number of carbonyl (C=O) groups is 2. The predicted octanol–water partition coefficient (Wildman–Crippen LogP) is 1.97. The summed E-state index contributed by atoms with van der Waals surface area (Å²) in [7, 11) is 0. The molecule has 1 aliphatic heterocycles. The number of rotatable bonds is 3. The van der Waals surface area contributed by atoms with E-state index in [0.29, 0.717) is 11.8 Å². The SMILES string of the molecule is C#CCN1C(=O)S/C(=C/c2cccc([N+](=O)[O-])c2O)C1=O. The van der Waals surface area contributed by atoms with E-state index in [4.69, 9.17) is 6.42 Å². The average molecular weight is 304 g/mol. The van der Waals surface area contributed by atoms with Crippen LogP contribution in [0.2, 0.25) is 0 Å². The van der Waals surface area contributed by atoms with Crippen molar-refractivity contribution in [2.45, 2.75) is 0 Å². The van der Waals surface area contributed by atoms with Crippen LogP contribution in [-0.2, 0) is 4.79 Å². The van der Waals surface area contributed by atoms with Crippen molar-refractivity contribution in [2.75, 3.05) is 6.54 Å². The van der Waals surface area contributed by atoms with Gasteiger partial charge in [0.05, 0.1) is 16.4 Å². The van der Waals surface area contributed by atoms with E-state index in [1.807, 2.05) is 0 Å². The van der Waals surface area contributed by atoms with E-state index in [2.05, 4.69) is 5.92 Å². The second-order valence-corrected chi connectivity index (χ2v) is 4.94. The van der Waals surface area contributed by atoms with E-state index in [-0.39, 0.29) is 17.0 Å². The van der Waals surface area contributed by atoms with Gasteiger partial charge in [0.2, 0.25) is 5.75 Å². The van der Waals surface area contributed by atoms with Crippen molar-refractivity contribution in [3.05, 3.63) is 38.8 Å². The molecule has 7 nitrogen and oxygen atoms in total. The zero-order valence-electron chi connectivity index (χ0n) is 10.5. The van der Waals surface area contributed by atoms with E-state index in [0.717, 1.165) is 11.0 Å². The molecule has 0 spiro atoms. The Morgan fingerprint density at radius 3 is 2.81 bits per heavy atom. The minimum atomic E-state index is -0.739. The number of nitrogens with zero attached hydrogens (tertiary/aromatic N) is 2. The molecule has 0 aromatic heterocycles. The summed E-state index contributed by atoms with van der Waals surface area (Å²) in [4.78, 5) is 34.5. The maximum Gasteiger partial charge on any atom is 0.311 e. The lowest BCUT2D eigenvalue weighted by Gasteiger charge is -2.06. The van der Waals surface area contributed by atoms with Crippen LogP contribution in [0.4, 0.5) is 10.5 Å². The largest absolute Gasteiger partial charge is 0.502 e. The van der Waals surface area contributed by atoms with Crippen LogP contribution in [-0.4, -0.2) is 32.6 Å². The molecular formula is C13H8N2O5S. The molecule has 0 unspecified atom stereocenters. The van der Waals surface area contributed by atoms with Crippen LogP contribution in [0.25, 0.3) is 6.08 Å². The van der Waals surface area contributed by atoms with Crippen LogP contribution < -0.4 is 0 Å². The topological polar surface area (TPSA) is 101 Å². The van der Waals surface area contributed by atoms with Crippen LogP contribution in [0.3, 0.4) is 0 Å². The summed E-state index contributed by atoms with van der Waals surface area (Å²) in [6.45, 7) is -0.150. The summed E-state index contributed by atoms with van der Waals surface area (Å²) in [6.07, 6.45) is 6.29. The van der Waals surface area contributed by atoms with Crippen molar-refractivity contribution < 1.29 is 19.6 Å². The van der Waals surface area contributed by atoms with Gasteiger partial charge in [-0.15, -0.1) is 6.42 Å². The molecule has 1 aliphatic rings. The Hall–Kier alpha value is -2.79. The number of thioether (sulfide) groups is 1. The zero-order valence-corrected chi connectivity index (χ0v) is 11.3. The van der Waals surface area contributed by atoms with Gasteiger partial charge in [-0.3, -0.25) is 24.6 Å². The first-order chi connectivity index (χ1) is 9.95. The molecule has 1 aromatic carbocycles. The summed E-state index contributed by atoms with van der Waals surface area (Å²) in [5.41, 5.74) is -0.401. The third kappa shape index (κ3) is 2.73. The number of carbonyl (C=O) groups excluding carboxylic acids is 2. The summed E-state index contributed by atoms with van der Waals surface area (Å²) in [5, 5.41) is 20.0. The fourth-order valence-corrected chi connectivity index (χ4v) is 2.51. The molecule has 2 rings (SSSR count). The van der Waals surface area contributed by atoms with Gasteiger partial charge in [0.25, 0.3) is 11.1 Å². The Balaban J connectivity index is 2.40. The highest BCUT2D eigenvalue weighted by Gasteiger charge is 2.34. The Labute approximate surface area is 123 Å². The molecule has 1 saturated heterocycles. The van der Waals surface area contributed by atoms with Crippen molar-refractivity contribution in [1.82, 2.24) is 4.90 Å². The highest BCUT2D eigenvalue weighted by molar-refractivity contribution is 8.18. The van der Waals surface area contributed by atoms with Crippen molar-refractivity contribution in [1.29, 1.82) is 0 Å². The molecule has 21 heavy (non-hydrogen) atoms. The maximum atomic E-state index is 11.9. The average Bonchev–Trinajstić information content (AvgIpc) is 2.69. The molecule has 0 atom stereocenters. The third-order valence-electron chi connectivity index (χ3n) is 2.65. The van der Waals surface area contributed by atoms with Crippen molar-refractivity contribution >= 4 is 34.7 Å². The third-order valence-corrected chi connectivity index (χ3v) is 3.56. The van der Waals surface area contributed by atoms with E-state index in [1.54, 1.807) is 0 Å². The molecule has 0 radical (unpaired) electrons. The maximum absolute atomic E-state index is 11.9. The normalized spacial score (nSPS) is 16.3. The first-order valence-corrected chi connectivity index (χ1v) is 6.42. The number of hydrogen-bond acceptors (Lipinski definition) is 6. The molecule has 0 aliphatic carbocycles. The minimum Gasteiger partial charge on any atom is -0.502 e. The summed E-state index contributed by atoms with van der Waals surface area (Å²) in [6, 6.07) is 3.91. The Morgan fingerprint density at radius 1 is 1.48 bits per heavy atom. The Morgan fingerprint density at radius 2 is 2.19 bits per heavy atom. The van der Waals surface area contributed by atoms with Gasteiger partial charge in [-0.25, -0.2) is 0 Å². The van der Waals surface area contributed by atoms with Crippen LogP contribution in [0.5, 0.6) is 5.75 Å².